The molecule has 24 nitrogen and oxygen atoms in total. The molecule has 2 aliphatic carbocycles. The fraction of sp³-hybridized carbons (Fsp3) is 0.902. The minimum Gasteiger partial charge on any atom is -0.547 e. The average Bonchev–Trinajstić information content (AvgIpc) is 3.27. The fourth-order valence-electron chi connectivity index (χ4n) is 6.23. The first-order chi connectivity index (χ1) is 31.7. The van der Waals surface area contributed by atoms with Gasteiger partial charge in [0.05, 0.1) is 144 Å². The number of hydrogen-bond donors (Lipinski definition) is 6. The molecule has 0 aromatic carbocycles. The van der Waals surface area contributed by atoms with Gasteiger partial charge in [-0.15, -0.1) is 0 Å². The first kappa shape index (κ1) is 65.6. The normalized spacial score (nSPS) is 27.7. The van der Waals surface area contributed by atoms with E-state index in [2.05, 4.69) is 19.8 Å². The molecule has 0 aromatic rings. The number of aliphatic carboxylic acids is 4. The molecular formula is C41H75N4O20Pt2+2. The van der Waals surface area contributed by atoms with Gasteiger partial charge in [0.1, 0.15) is 12.2 Å². The zero-order valence-corrected chi connectivity index (χ0v) is 42.8. The van der Waals surface area contributed by atoms with E-state index in [1.54, 1.807) is 0 Å². The number of hydrogen-bond acceptors (Lipinski definition) is 22. The van der Waals surface area contributed by atoms with Crippen LogP contribution in [0.15, 0.2) is 0 Å². The van der Waals surface area contributed by atoms with E-state index in [1.807, 2.05) is 0 Å². The number of carbonyl (C=O) groups is 4. The van der Waals surface area contributed by atoms with E-state index in [-0.39, 0.29) is 109 Å². The second-order valence-corrected chi connectivity index (χ2v) is 17.3. The van der Waals surface area contributed by atoms with Crippen LogP contribution in [0.25, 0.3) is 0 Å². The van der Waals surface area contributed by atoms with Crippen molar-refractivity contribution in [2.24, 2.45) is 22.9 Å². The molecule has 26 heteroatoms. The van der Waals surface area contributed by atoms with Gasteiger partial charge in [-0.05, 0) is 12.8 Å². The third-order valence-corrected chi connectivity index (χ3v) is 11.8. The Morgan fingerprint density at radius 3 is 0.881 bits per heavy atom. The predicted molar refractivity (Wildman–Crippen MR) is 223 cm³/mol. The van der Waals surface area contributed by atoms with Gasteiger partial charge in [-0.2, -0.15) is 0 Å². The smallest absolute Gasteiger partial charge is 0.547 e. The van der Waals surface area contributed by atoms with E-state index in [4.69, 9.17) is 90.0 Å². The van der Waals surface area contributed by atoms with Gasteiger partial charge in [0.2, 0.25) is 0 Å². The van der Waals surface area contributed by atoms with Gasteiger partial charge in [-0.3, -0.25) is 0 Å². The average molecular weight is 1330 g/mol. The van der Waals surface area contributed by atoms with Gasteiger partial charge in [0.25, 0.3) is 0 Å². The van der Waals surface area contributed by atoms with Crippen LogP contribution in [0.5, 0.6) is 0 Å². The molecule has 2 unspecified atom stereocenters. The van der Waals surface area contributed by atoms with Crippen molar-refractivity contribution < 1.29 is 137 Å². The Kier molecular flexibility index (Phi) is 41.4. The number of nitrogens with two attached hydrogens (primary N) is 4. The molecule has 2 heterocycles. The van der Waals surface area contributed by atoms with Crippen LogP contribution in [0.1, 0.15) is 57.8 Å². The Bertz CT molecular complexity index is 1120. The van der Waals surface area contributed by atoms with Gasteiger partial charge in [-0.1, -0.05) is 12.8 Å². The van der Waals surface area contributed by atoms with Crippen LogP contribution in [0.2, 0.25) is 3.80 Å². The summed E-state index contributed by atoms with van der Waals surface area (Å²) >= 11 is 2.41. The molecule has 0 spiro atoms. The van der Waals surface area contributed by atoms with E-state index in [0.717, 1.165) is 12.8 Å². The second kappa shape index (κ2) is 42.3. The number of rotatable bonds is 5. The number of carboxylic acid groups (broad SMARTS) is 4. The molecule has 2 aliphatic heterocycles. The van der Waals surface area contributed by atoms with Crippen LogP contribution < -0.4 is 33.1 Å². The molecule has 2 saturated heterocycles. The first-order valence-corrected chi connectivity index (χ1v) is 23.5. The zero-order valence-electron chi connectivity index (χ0n) is 38.2. The number of ether oxygens (including phenoxy) is 12. The zero-order chi connectivity index (χ0) is 48.8. The van der Waals surface area contributed by atoms with E-state index >= 15 is 0 Å². The summed E-state index contributed by atoms with van der Waals surface area (Å²) in [6.07, 6.45) is 4.14. The standard InChI is InChI=1S/2C14H24O10.C7H15N2.C6H14N2.2Pt/c2*15-13(16)11-12(14(17)18)24-10-8-22-6-4-20-2-1-19-3-5-21-7-9-23-11;8-7(9)6-4-2-1-3-5-6;7-5-3-1-2-4-6(5)8;;/h2*11-12H,1-10H2,(H,15,16)(H,17,18);7H,1-5,8-9H2;5-6H,1-4,7-8H2;;/q;;;;2*+2/p-2/t11-,12+;;;5-,6+;;. The Morgan fingerprint density at radius 2 is 0.687 bits per heavy atom. The van der Waals surface area contributed by atoms with Crippen molar-refractivity contribution in [2.75, 3.05) is 132 Å². The van der Waals surface area contributed by atoms with E-state index in [9.17, 15) is 29.4 Å². The van der Waals surface area contributed by atoms with Crippen LogP contribution in [-0.4, -0.2) is 209 Å². The van der Waals surface area contributed by atoms with Crippen molar-refractivity contribution in [1.82, 2.24) is 0 Å². The van der Waals surface area contributed by atoms with Gasteiger partial charge in [0, 0.05) is 12.1 Å². The predicted octanol–water partition coefficient (Wildman–Crippen LogP) is -3.55. The third kappa shape index (κ3) is 33.0. The quantitative estimate of drug-likeness (QED) is 0.145. The molecule has 0 amide bonds. The van der Waals surface area contributed by atoms with E-state index < -0.39 is 48.3 Å². The molecular weight excluding hydrogens is 1260 g/mol. The molecule has 0 bridgehead atoms. The summed E-state index contributed by atoms with van der Waals surface area (Å²) in [7, 11) is 0. The van der Waals surface area contributed by atoms with Crippen molar-refractivity contribution in [1.29, 1.82) is 0 Å². The van der Waals surface area contributed by atoms with Gasteiger partial charge >= 0.3 is 106 Å². The second-order valence-electron chi connectivity index (χ2n) is 15.1. The molecule has 4 rings (SSSR count). The molecule has 397 valence electrons. The van der Waals surface area contributed by atoms with Crippen LogP contribution in [0, 0.1) is 0 Å². The largest absolute Gasteiger partial charge is 2.00 e. The summed E-state index contributed by atoms with van der Waals surface area (Å²) in [5.74, 6) is -6.27. The monoisotopic (exact) mass is 1330 g/mol. The number of carboxylic acids is 4. The maximum absolute atomic E-state index is 11.2. The molecule has 2 saturated carbocycles. The van der Waals surface area contributed by atoms with Crippen molar-refractivity contribution in [3.63, 3.8) is 0 Å². The third-order valence-electron chi connectivity index (χ3n) is 9.94. The number of carbonyl (C=O) groups excluding carboxylic acids is 2. The minimum absolute atomic E-state index is 0. The van der Waals surface area contributed by atoms with Gasteiger partial charge < -0.3 is 98.3 Å². The Hall–Kier alpha value is -1.38. The van der Waals surface area contributed by atoms with E-state index in [1.165, 1.54) is 44.9 Å². The first-order valence-electron chi connectivity index (χ1n) is 22.3. The Labute approximate surface area is 418 Å². The molecule has 6 atom stereocenters. The maximum atomic E-state index is 11.2. The van der Waals surface area contributed by atoms with Crippen molar-refractivity contribution in [2.45, 2.75) is 104 Å². The molecule has 10 N–H and O–H groups in total. The summed E-state index contributed by atoms with van der Waals surface area (Å²) in [5.41, 5.74) is 22.7. The Morgan fingerprint density at radius 1 is 0.448 bits per heavy atom. The fourth-order valence-corrected chi connectivity index (χ4v) is 7.04. The molecule has 4 aliphatic rings. The van der Waals surface area contributed by atoms with Crippen molar-refractivity contribution in [3.8, 4) is 0 Å². The van der Waals surface area contributed by atoms with Gasteiger partial charge in [-0.25, -0.2) is 9.59 Å². The SMILES string of the molecule is NC(N)[C]1([Pt+2])CCCCC1.N[C@@H]1CCCC[C@@H]1N.O=C(O)[C@H]1OCCOCCOCCOCCOCCO[C@H]1C(=O)O.O=C([O-])C1OCCOCCOCCOCCOCCOC1C(=O)[O-].[Pt+2]. The van der Waals surface area contributed by atoms with Crippen molar-refractivity contribution >= 4 is 23.9 Å². The van der Waals surface area contributed by atoms with Gasteiger partial charge in [0.15, 0.2) is 12.2 Å². The van der Waals surface area contributed by atoms with Crippen LogP contribution in [0.4, 0.5) is 0 Å². The van der Waals surface area contributed by atoms with Crippen LogP contribution >= 0.6 is 0 Å². The van der Waals surface area contributed by atoms with Crippen LogP contribution in [-0.2, 0) is 117 Å². The summed E-state index contributed by atoms with van der Waals surface area (Å²) in [5, 5.41) is 40.4. The Balaban J connectivity index is 0.000000942. The summed E-state index contributed by atoms with van der Waals surface area (Å²) in [4.78, 5) is 44.6. The summed E-state index contributed by atoms with van der Waals surface area (Å²) < 4.78 is 62.2. The molecule has 67 heavy (non-hydrogen) atoms. The van der Waals surface area contributed by atoms with E-state index in [0.29, 0.717) is 66.1 Å². The molecule has 0 radical (unpaired) electrons. The minimum atomic E-state index is -1.81. The topological polar surface area (TPSA) is 370 Å². The molecule has 0 aromatic heterocycles. The van der Waals surface area contributed by atoms with Crippen molar-refractivity contribution in [3.05, 3.63) is 0 Å². The summed E-state index contributed by atoms with van der Waals surface area (Å²) in [6, 6.07) is 0.562. The van der Waals surface area contributed by atoms with Crippen LogP contribution in [0.3, 0.4) is 0 Å². The summed E-state index contributed by atoms with van der Waals surface area (Å²) in [6.45, 7) is 4.19. The molecule has 4 fully saturated rings. The maximum Gasteiger partial charge on any atom is 2.00 e.